The molecule has 0 bridgehead atoms. The average molecular weight is 260 g/mol. The highest BCUT2D eigenvalue weighted by Gasteiger charge is 2.60. The molecule has 0 spiro atoms. The van der Waals surface area contributed by atoms with E-state index in [1.54, 1.807) is 0 Å². The van der Waals surface area contributed by atoms with E-state index in [0.717, 1.165) is 0 Å². The molecule has 98 valence electrons. The summed E-state index contributed by atoms with van der Waals surface area (Å²) in [4.78, 5) is 0. The van der Waals surface area contributed by atoms with Gasteiger partial charge in [-0.1, -0.05) is 0 Å². The second-order valence-electron chi connectivity index (χ2n) is 3.42. The van der Waals surface area contributed by atoms with Crippen LogP contribution in [0.2, 0.25) is 0 Å². The first-order valence-corrected chi connectivity index (χ1v) is 3.88. The molecule has 9 heteroatoms. The molecule has 0 aliphatic heterocycles. The monoisotopic (exact) mass is 260 g/mol. The summed E-state index contributed by atoms with van der Waals surface area (Å²) in [5.74, 6) is -13.5. The highest BCUT2D eigenvalue weighted by Crippen LogP contribution is 2.43. The predicted molar refractivity (Wildman–Crippen MR) is 36.8 cm³/mol. The molecule has 0 fully saturated rings. The largest absolute Gasteiger partial charge is 0.525 e. The Hall–Kier alpha value is -0.600. The second-order valence-corrected chi connectivity index (χ2v) is 3.42. The summed E-state index contributed by atoms with van der Waals surface area (Å²) in [5, 5.41) is 0. The van der Waals surface area contributed by atoms with Gasteiger partial charge in [-0.25, -0.2) is 26.7 Å². The summed E-state index contributed by atoms with van der Waals surface area (Å²) in [7, 11) is 0. The fourth-order valence-corrected chi connectivity index (χ4v) is 0.840. The van der Waals surface area contributed by atoms with Gasteiger partial charge in [0.1, 0.15) is 0 Å². The van der Waals surface area contributed by atoms with Gasteiger partial charge >= 0.3 is 12.3 Å². The summed E-state index contributed by atoms with van der Waals surface area (Å²) in [6.45, 7) is -0.225. The lowest BCUT2D eigenvalue weighted by atomic mass is 10.1. The third kappa shape index (κ3) is 4.95. The van der Waals surface area contributed by atoms with Crippen LogP contribution < -0.4 is 0 Å². The van der Waals surface area contributed by atoms with Crippen LogP contribution in [-0.2, 0) is 4.74 Å². The molecular weight excluding hydrogens is 252 g/mol. The van der Waals surface area contributed by atoms with Gasteiger partial charge in [0, 0.05) is 6.92 Å². The molecule has 16 heavy (non-hydrogen) atoms. The lowest BCUT2D eigenvalue weighted by Gasteiger charge is -2.31. The van der Waals surface area contributed by atoms with Gasteiger partial charge in [-0.15, -0.1) is 13.2 Å². The van der Waals surface area contributed by atoms with Crippen molar-refractivity contribution in [3.05, 3.63) is 0 Å². The topological polar surface area (TPSA) is 9.23 Å². The molecule has 0 aliphatic rings. The van der Waals surface area contributed by atoms with Crippen LogP contribution in [0.3, 0.4) is 0 Å². The quantitative estimate of drug-likeness (QED) is 0.697. The van der Waals surface area contributed by atoms with Crippen LogP contribution in [0.25, 0.3) is 0 Å². The Labute approximate surface area is 85.4 Å². The number of hydrogen-bond donors (Lipinski definition) is 0. The van der Waals surface area contributed by atoms with E-state index < -0.39 is 30.5 Å². The van der Waals surface area contributed by atoms with Crippen LogP contribution in [0, 0.1) is 0 Å². The average Bonchev–Trinajstić information content (AvgIpc) is 1.72. The standard InChI is InChI=1S/C7H8F8O/c1-4(8,9)3-6(11,12)5(2,10)16-7(13,14)15/h3H2,1-2H3. The minimum Gasteiger partial charge on any atom is -0.248 e. The van der Waals surface area contributed by atoms with Gasteiger partial charge in [0.2, 0.25) is 0 Å². The zero-order valence-corrected chi connectivity index (χ0v) is 8.14. The molecule has 1 unspecified atom stereocenters. The lowest BCUT2D eigenvalue weighted by molar-refractivity contribution is -0.427. The molecule has 0 rings (SSSR count). The summed E-state index contributed by atoms with van der Waals surface area (Å²) < 4.78 is 99.8. The number of halogens is 8. The van der Waals surface area contributed by atoms with Gasteiger partial charge in [-0.3, -0.25) is 0 Å². The third-order valence-corrected chi connectivity index (χ3v) is 1.49. The number of ether oxygens (including phenoxy) is 1. The van der Waals surface area contributed by atoms with Crippen molar-refractivity contribution in [2.24, 2.45) is 0 Å². The highest BCUT2D eigenvalue weighted by atomic mass is 19.4. The van der Waals surface area contributed by atoms with Crippen molar-refractivity contribution >= 4 is 0 Å². The molecule has 0 aromatic rings. The van der Waals surface area contributed by atoms with Crippen molar-refractivity contribution < 1.29 is 39.9 Å². The maximum absolute atomic E-state index is 12.9. The Balaban J connectivity index is 4.85. The van der Waals surface area contributed by atoms with Gasteiger partial charge < -0.3 is 0 Å². The number of hydrogen-bond acceptors (Lipinski definition) is 1. The minimum atomic E-state index is -5.68. The van der Waals surface area contributed by atoms with Crippen molar-refractivity contribution in [3.63, 3.8) is 0 Å². The molecule has 0 aromatic heterocycles. The Kier molecular flexibility index (Phi) is 3.86. The first kappa shape index (κ1) is 15.4. The fourth-order valence-electron chi connectivity index (χ4n) is 0.840. The van der Waals surface area contributed by atoms with E-state index in [1.165, 1.54) is 0 Å². The normalized spacial score (nSPS) is 18.4. The van der Waals surface area contributed by atoms with E-state index in [4.69, 9.17) is 0 Å². The molecule has 0 N–H and O–H groups in total. The molecular formula is C7H8F8O. The lowest BCUT2D eigenvalue weighted by Crippen LogP contribution is -2.49. The summed E-state index contributed by atoms with van der Waals surface area (Å²) in [6.07, 6.45) is -8.07. The van der Waals surface area contributed by atoms with Gasteiger partial charge in [-0.05, 0) is 6.92 Å². The van der Waals surface area contributed by atoms with E-state index >= 15 is 0 Å². The first-order valence-electron chi connectivity index (χ1n) is 3.88. The second kappa shape index (κ2) is 4.01. The van der Waals surface area contributed by atoms with Gasteiger partial charge in [0.05, 0.1) is 6.42 Å². The number of alkyl halides is 8. The summed E-state index contributed by atoms with van der Waals surface area (Å²) >= 11 is 0. The van der Waals surface area contributed by atoms with Crippen LogP contribution in [0.1, 0.15) is 20.3 Å². The van der Waals surface area contributed by atoms with E-state index in [-0.39, 0.29) is 13.8 Å². The summed E-state index contributed by atoms with van der Waals surface area (Å²) in [5.41, 5.74) is 0. The van der Waals surface area contributed by atoms with Crippen molar-refractivity contribution in [1.82, 2.24) is 0 Å². The Morgan fingerprint density at radius 3 is 1.44 bits per heavy atom. The van der Waals surface area contributed by atoms with Gasteiger partial charge in [0.15, 0.2) is 0 Å². The van der Waals surface area contributed by atoms with Crippen molar-refractivity contribution in [2.75, 3.05) is 0 Å². The smallest absolute Gasteiger partial charge is 0.248 e. The van der Waals surface area contributed by atoms with E-state index in [1.807, 2.05) is 0 Å². The van der Waals surface area contributed by atoms with Crippen LogP contribution in [0.5, 0.6) is 0 Å². The molecule has 0 aromatic carbocycles. The highest BCUT2D eigenvalue weighted by molar-refractivity contribution is 4.86. The first-order chi connectivity index (χ1) is 6.66. The maximum atomic E-state index is 12.9. The molecule has 0 aliphatic carbocycles. The predicted octanol–water partition coefficient (Wildman–Crippen LogP) is 3.89. The van der Waals surface area contributed by atoms with Crippen molar-refractivity contribution in [3.8, 4) is 0 Å². The number of rotatable bonds is 4. The van der Waals surface area contributed by atoms with E-state index in [2.05, 4.69) is 4.74 Å². The molecule has 0 saturated carbocycles. The van der Waals surface area contributed by atoms with Crippen molar-refractivity contribution in [2.45, 2.75) is 44.3 Å². The fraction of sp³-hybridized carbons (Fsp3) is 1.00. The Morgan fingerprint density at radius 2 is 1.19 bits per heavy atom. The Morgan fingerprint density at radius 1 is 0.812 bits per heavy atom. The molecule has 1 nitrogen and oxygen atoms in total. The van der Waals surface area contributed by atoms with E-state index in [9.17, 15) is 35.1 Å². The molecule has 0 heterocycles. The molecule has 0 amide bonds. The van der Waals surface area contributed by atoms with Crippen LogP contribution in [0.15, 0.2) is 0 Å². The van der Waals surface area contributed by atoms with Crippen LogP contribution in [0.4, 0.5) is 35.1 Å². The van der Waals surface area contributed by atoms with Gasteiger partial charge in [-0.2, -0.15) is 0 Å². The van der Waals surface area contributed by atoms with E-state index in [0.29, 0.717) is 0 Å². The Bertz CT molecular complexity index is 212. The summed E-state index contributed by atoms with van der Waals surface area (Å²) in [6, 6.07) is 0. The third-order valence-electron chi connectivity index (χ3n) is 1.49. The van der Waals surface area contributed by atoms with Gasteiger partial charge in [0.25, 0.3) is 11.8 Å². The van der Waals surface area contributed by atoms with Crippen LogP contribution in [-0.4, -0.2) is 24.1 Å². The zero-order chi connectivity index (χ0) is 13.4. The zero-order valence-electron chi connectivity index (χ0n) is 8.14. The SMILES string of the molecule is CC(F)(F)CC(F)(F)C(C)(F)OC(F)(F)F. The van der Waals surface area contributed by atoms with Crippen LogP contribution >= 0.6 is 0 Å². The maximum Gasteiger partial charge on any atom is 0.525 e. The minimum absolute atomic E-state index is 0.0323. The molecule has 0 saturated heterocycles. The molecule has 0 radical (unpaired) electrons. The van der Waals surface area contributed by atoms with Crippen molar-refractivity contribution in [1.29, 1.82) is 0 Å². The molecule has 1 atom stereocenters.